The van der Waals surface area contributed by atoms with Crippen molar-refractivity contribution < 1.29 is 9.90 Å². The summed E-state index contributed by atoms with van der Waals surface area (Å²) in [6.45, 7) is 3.96. The molecule has 0 radical (unpaired) electrons. The lowest BCUT2D eigenvalue weighted by atomic mass is 9.76. The number of hydrogen-bond donors (Lipinski definition) is 2. The van der Waals surface area contributed by atoms with Crippen molar-refractivity contribution in [2.45, 2.75) is 45.1 Å². The average Bonchev–Trinajstić information content (AvgIpc) is 2.63. The fraction of sp³-hybridized carbons (Fsp3) is 0.727. The molecule has 0 aromatic carbocycles. The fourth-order valence-corrected chi connectivity index (χ4v) is 3.15. The number of carboxylic acid groups (broad SMARTS) is 1. The number of nitrogens with zero attached hydrogens (tertiary/aromatic N) is 2. The Morgan fingerprint density at radius 1 is 1.59 bits per heavy atom. The van der Waals surface area contributed by atoms with Crippen LogP contribution in [0.4, 0.5) is 5.13 Å². The lowest BCUT2D eigenvalue weighted by molar-refractivity contribution is -0.144. The number of anilines is 1. The number of nitrogens with one attached hydrogen (secondary N) is 1. The minimum atomic E-state index is -0.858. The maximum absolute atomic E-state index is 11.5. The second-order valence-electron chi connectivity index (χ2n) is 4.84. The summed E-state index contributed by atoms with van der Waals surface area (Å²) in [5, 5.41) is 21.9. The van der Waals surface area contributed by atoms with Crippen molar-refractivity contribution in [3.05, 3.63) is 5.01 Å². The van der Waals surface area contributed by atoms with E-state index in [9.17, 15) is 9.90 Å². The van der Waals surface area contributed by atoms with Gasteiger partial charge in [0.2, 0.25) is 5.13 Å². The molecule has 1 heterocycles. The van der Waals surface area contributed by atoms with E-state index in [0.717, 1.165) is 17.8 Å². The van der Waals surface area contributed by atoms with Gasteiger partial charge in [0.25, 0.3) is 0 Å². The summed E-state index contributed by atoms with van der Waals surface area (Å²) < 4.78 is 0. The Labute approximate surface area is 104 Å². The van der Waals surface area contributed by atoms with Crippen LogP contribution in [0.3, 0.4) is 0 Å². The Morgan fingerprint density at radius 2 is 2.35 bits per heavy atom. The molecule has 1 aliphatic carbocycles. The number of carbonyl (C=O) groups is 1. The molecule has 1 saturated carbocycles. The largest absolute Gasteiger partial charge is 0.480 e. The van der Waals surface area contributed by atoms with Crippen molar-refractivity contribution in [3.8, 4) is 0 Å². The maximum atomic E-state index is 11.5. The van der Waals surface area contributed by atoms with Gasteiger partial charge in [-0.15, -0.1) is 10.2 Å². The van der Waals surface area contributed by atoms with Gasteiger partial charge in [0.05, 0.1) is 0 Å². The van der Waals surface area contributed by atoms with Crippen LogP contribution in [-0.4, -0.2) is 26.8 Å². The molecule has 1 fully saturated rings. The molecule has 2 unspecified atom stereocenters. The first-order valence-electron chi connectivity index (χ1n) is 5.83. The first-order valence-corrected chi connectivity index (χ1v) is 6.65. The first-order chi connectivity index (χ1) is 8.02. The standard InChI is InChI=1S/C11H17N3O2S/c1-7-4-3-5-11(6-7,9(15)16)12-10-14-13-8(2)17-10/h7H,3-6H2,1-2H3,(H,12,14)(H,15,16). The van der Waals surface area contributed by atoms with Gasteiger partial charge in [-0.25, -0.2) is 4.79 Å². The molecule has 1 aromatic heterocycles. The van der Waals surface area contributed by atoms with E-state index in [4.69, 9.17) is 0 Å². The molecular weight excluding hydrogens is 238 g/mol. The SMILES string of the molecule is Cc1nnc(NC2(C(=O)O)CCCC(C)C2)s1. The molecule has 0 aliphatic heterocycles. The number of carboxylic acids is 1. The third kappa shape index (κ3) is 2.57. The molecule has 0 spiro atoms. The summed E-state index contributed by atoms with van der Waals surface area (Å²) in [4.78, 5) is 11.5. The topological polar surface area (TPSA) is 75.1 Å². The fourth-order valence-electron chi connectivity index (χ4n) is 2.46. The Balaban J connectivity index is 2.19. The zero-order valence-electron chi connectivity index (χ0n) is 10.1. The second-order valence-corrected chi connectivity index (χ2v) is 6.02. The van der Waals surface area contributed by atoms with Crippen molar-refractivity contribution in [1.29, 1.82) is 0 Å². The van der Waals surface area contributed by atoms with Crippen LogP contribution in [0.1, 0.15) is 37.6 Å². The summed E-state index contributed by atoms with van der Waals surface area (Å²) in [6, 6.07) is 0. The van der Waals surface area contributed by atoms with Crippen molar-refractivity contribution in [1.82, 2.24) is 10.2 Å². The molecular formula is C11H17N3O2S. The van der Waals surface area contributed by atoms with E-state index in [1.807, 2.05) is 6.92 Å². The van der Waals surface area contributed by atoms with Crippen molar-refractivity contribution in [3.63, 3.8) is 0 Å². The molecule has 0 amide bonds. The summed E-state index contributed by atoms with van der Waals surface area (Å²) in [7, 11) is 0. The van der Waals surface area contributed by atoms with Gasteiger partial charge >= 0.3 is 5.97 Å². The van der Waals surface area contributed by atoms with E-state index in [-0.39, 0.29) is 0 Å². The van der Waals surface area contributed by atoms with Gasteiger partial charge in [0, 0.05) is 0 Å². The molecule has 0 saturated heterocycles. The molecule has 2 rings (SSSR count). The lowest BCUT2D eigenvalue weighted by Gasteiger charge is -2.36. The lowest BCUT2D eigenvalue weighted by Crippen LogP contribution is -2.49. The van der Waals surface area contributed by atoms with E-state index in [2.05, 4.69) is 22.4 Å². The van der Waals surface area contributed by atoms with Crippen LogP contribution in [0.25, 0.3) is 0 Å². The van der Waals surface area contributed by atoms with Crippen LogP contribution >= 0.6 is 11.3 Å². The van der Waals surface area contributed by atoms with Crippen LogP contribution in [0.2, 0.25) is 0 Å². The van der Waals surface area contributed by atoms with Gasteiger partial charge in [-0.05, 0) is 25.7 Å². The Hall–Kier alpha value is -1.17. The highest BCUT2D eigenvalue weighted by molar-refractivity contribution is 7.15. The minimum Gasteiger partial charge on any atom is -0.480 e. The Morgan fingerprint density at radius 3 is 2.88 bits per heavy atom. The highest BCUT2D eigenvalue weighted by Gasteiger charge is 2.42. The molecule has 5 nitrogen and oxygen atoms in total. The number of aryl methyl sites for hydroxylation is 1. The van der Waals surface area contributed by atoms with Crippen LogP contribution in [0, 0.1) is 12.8 Å². The highest BCUT2D eigenvalue weighted by Crippen LogP contribution is 2.35. The van der Waals surface area contributed by atoms with Gasteiger partial charge in [0.15, 0.2) is 0 Å². The predicted molar refractivity (Wildman–Crippen MR) is 66.3 cm³/mol. The minimum absolute atomic E-state index is 0.432. The molecule has 94 valence electrons. The Kier molecular flexibility index (Phi) is 3.33. The van der Waals surface area contributed by atoms with E-state index in [1.165, 1.54) is 11.3 Å². The summed E-state index contributed by atoms with van der Waals surface area (Å²) >= 11 is 1.40. The number of aliphatic carboxylic acids is 1. The van der Waals surface area contributed by atoms with Gasteiger partial charge in [-0.3, -0.25) is 0 Å². The van der Waals surface area contributed by atoms with Gasteiger partial charge < -0.3 is 10.4 Å². The van der Waals surface area contributed by atoms with Gasteiger partial charge in [-0.2, -0.15) is 0 Å². The molecule has 2 atom stereocenters. The Bertz CT molecular complexity index is 421. The number of rotatable bonds is 3. The zero-order chi connectivity index (χ0) is 12.5. The van der Waals surface area contributed by atoms with Crippen molar-refractivity contribution in [2.24, 2.45) is 5.92 Å². The van der Waals surface area contributed by atoms with Crippen LogP contribution < -0.4 is 5.32 Å². The molecule has 0 bridgehead atoms. The van der Waals surface area contributed by atoms with E-state index in [0.29, 0.717) is 23.9 Å². The van der Waals surface area contributed by atoms with Gasteiger partial charge in [-0.1, -0.05) is 31.1 Å². The molecule has 1 aliphatic rings. The van der Waals surface area contributed by atoms with E-state index < -0.39 is 11.5 Å². The molecule has 17 heavy (non-hydrogen) atoms. The van der Waals surface area contributed by atoms with Crippen LogP contribution in [0.15, 0.2) is 0 Å². The normalized spacial score (nSPS) is 28.9. The molecule has 1 aromatic rings. The smallest absolute Gasteiger partial charge is 0.329 e. The second kappa shape index (κ2) is 4.60. The number of hydrogen-bond acceptors (Lipinski definition) is 5. The van der Waals surface area contributed by atoms with E-state index >= 15 is 0 Å². The number of aromatic nitrogens is 2. The molecule has 6 heteroatoms. The summed E-state index contributed by atoms with van der Waals surface area (Å²) in [5.74, 6) is -0.349. The highest BCUT2D eigenvalue weighted by atomic mass is 32.1. The average molecular weight is 255 g/mol. The third-order valence-electron chi connectivity index (χ3n) is 3.28. The van der Waals surface area contributed by atoms with Crippen molar-refractivity contribution >= 4 is 22.4 Å². The van der Waals surface area contributed by atoms with Crippen LogP contribution in [-0.2, 0) is 4.79 Å². The summed E-state index contributed by atoms with van der Waals surface area (Å²) in [5.41, 5.74) is -0.858. The van der Waals surface area contributed by atoms with E-state index in [1.54, 1.807) is 0 Å². The maximum Gasteiger partial charge on any atom is 0.329 e. The first kappa shape index (κ1) is 12.3. The third-order valence-corrected chi connectivity index (χ3v) is 4.03. The van der Waals surface area contributed by atoms with Crippen molar-refractivity contribution in [2.75, 3.05) is 5.32 Å². The van der Waals surface area contributed by atoms with Crippen LogP contribution in [0.5, 0.6) is 0 Å². The van der Waals surface area contributed by atoms with Gasteiger partial charge in [0.1, 0.15) is 10.5 Å². The molecule has 2 N–H and O–H groups in total. The zero-order valence-corrected chi connectivity index (χ0v) is 10.9. The quantitative estimate of drug-likeness (QED) is 0.866. The predicted octanol–water partition coefficient (Wildman–Crippen LogP) is 2.29. The monoisotopic (exact) mass is 255 g/mol. The summed E-state index contributed by atoms with van der Waals surface area (Å²) in [6.07, 6.45) is 3.36.